The maximum Gasteiger partial charge on any atom is 0.229 e. The normalized spacial score (nSPS) is 20.5. The van der Waals surface area contributed by atoms with Gasteiger partial charge in [0.2, 0.25) is 11.8 Å². The van der Waals surface area contributed by atoms with E-state index in [1.807, 2.05) is 4.90 Å². The van der Waals surface area contributed by atoms with Gasteiger partial charge in [-0.15, -0.1) is 0 Å². The fourth-order valence-corrected chi connectivity index (χ4v) is 3.22. The van der Waals surface area contributed by atoms with Crippen LogP contribution in [0.4, 0.5) is 0 Å². The molecule has 4 heterocycles. The van der Waals surface area contributed by atoms with E-state index >= 15 is 0 Å². The van der Waals surface area contributed by atoms with E-state index < -0.39 is 0 Å². The Bertz CT molecular complexity index is 758. The number of ether oxygens (including phenoxy) is 1. The van der Waals surface area contributed by atoms with Gasteiger partial charge in [0.1, 0.15) is 11.4 Å². The van der Waals surface area contributed by atoms with Crippen LogP contribution in [0, 0.1) is 6.92 Å². The Morgan fingerprint density at radius 1 is 1.24 bits per heavy atom. The van der Waals surface area contributed by atoms with Crippen LogP contribution < -0.4 is 0 Å². The van der Waals surface area contributed by atoms with Gasteiger partial charge in [0.05, 0.1) is 25.0 Å². The van der Waals surface area contributed by atoms with E-state index in [-0.39, 0.29) is 23.7 Å². The minimum Gasteiger partial charge on any atom is -0.379 e. The molecule has 2 saturated heterocycles. The molecule has 0 N–H and O–H groups in total. The van der Waals surface area contributed by atoms with Crippen molar-refractivity contribution < 1.29 is 18.7 Å². The molecule has 2 aromatic heterocycles. The summed E-state index contributed by atoms with van der Waals surface area (Å²) in [5.74, 6) is 1.64. The molecule has 0 atom stereocenters. The quantitative estimate of drug-likeness (QED) is 0.806. The molecule has 0 unspecified atom stereocenters. The van der Waals surface area contributed by atoms with Gasteiger partial charge in [0.15, 0.2) is 5.82 Å². The summed E-state index contributed by atoms with van der Waals surface area (Å²) in [6.07, 6.45) is 1.86. The van der Waals surface area contributed by atoms with E-state index in [2.05, 4.69) is 32.0 Å². The first kappa shape index (κ1) is 16.2. The van der Waals surface area contributed by atoms with Crippen LogP contribution in [0.15, 0.2) is 9.15 Å². The van der Waals surface area contributed by atoms with Crippen LogP contribution in [0.2, 0.25) is 0 Å². The minimum absolute atomic E-state index is 0.0441. The SMILES string of the molecule is Cc1nonc1CC(=O)N1CCC(c2nc(C3(C)COC3)no2)CC1. The third kappa shape index (κ3) is 3.04. The van der Waals surface area contributed by atoms with Gasteiger partial charge in [0, 0.05) is 19.0 Å². The predicted octanol–water partition coefficient (Wildman–Crippen LogP) is 0.998. The molecule has 0 aromatic carbocycles. The van der Waals surface area contributed by atoms with Crippen LogP contribution in [-0.2, 0) is 21.4 Å². The molecule has 134 valence electrons. The molecule has 1 amide bonds. The first-order valence-corrected chi connectivity index (χ1v) is 8.53. The second-order valence-electron chi connectivity index (χ2n) is 7.14. The van der Waals surface area contributed by atoms with Crippen molar-refractivity contribution in [2.24, 2.45) is 0 Å². The van der Waals surface area contributed by atoms with Crippen LogP contribution >= 0.6 is 0 Å². The number of amides is 1. The highest BCUT2D eigenvalue weighted by Gasteiger charge is 2.40. The summed E-state index contributed by atoms with van der Waals surface area (Å²) in [5.41, 5.74) is 1.14. The Kier molecular flexibility index (Phi) is 4.03. The highest BCUT2D eigenvalue weighted by Crippen LogP contribution is 2.32. The summed E-state index contributed by atoms with van der Waals surface area (Å²) in [6.45, 7) is 6.47. The van der Waals surface area contributed by atoms with Gasteiger partial charge in [-0.05, 0) is 26.7 Å². The molecule has 0 spiro atoms. The zero-order chi connectivity index (χ0) is 17.4. The van der Waals surface area contributed by atoms with Crippen molar-refractivity contribution in [3.05, 3.63) is 23.1 Å². The molecule has 9 nitrogen and oxygen atoms in total. The maximum atomic E-state index is 12.4. The summed E-state index contributed by atoms with van der Waals surface area (Å²) in [7, 11) is 0. The van der Waals surface area contributed by atoms with E-state index in [9.17, 15) is 4.79 Å². The lowest BCUT2D eigenvalue weighted by Crippen LogP contribution is -2.44. The second kappa shape index (κ2) is 6.21. The Hall–Kier alpha value is -2.29. The van der Waals surface area contributed by atoms with Crippen LogP contribution in [-0.4, -0.2) is 57.6 Å². The molecular formula is C16H21N5O4. The van der Waals surface area contributed by atoms with Crippen molar-refractivity contribution in [3.8, 4) is 0 Å². The van der Waals surface area contributed by atoms with Crippen LogP contribution in [0.25, 0.3) is 0 Å². The third-order valence-corrected chi connectivity index (χ3v) is 5.08. The van der Waals surface area contributed by atoms with Crippen molar-refractivity contribution in [1.29, 1.82) is 0 Å². The number of piperidine rings is 1. The number of aromatic nitrogens is 4. The first-order valence-electron chi connectivity index (χ1n) is 8.53. The monoisotopic (exact) mass is 347 g/mol. The summed E-state index contributed by atoms with van der Waals surface area (Å²) in [5, 5.41) is 11.6. The smallest absolute Gasteiger partial charge is 0.229 e. The number of carbonyl (C=O) groups is 1. The topological polar surface area (TPSA) is 107 Å². The van der Waals surface area contributed by atoms with E-state index in [0.29, 0.717) is 43.6 Å². The average Bonchev–Trinajstić information content (AvgIpc) is 3.23. The first-order chi connectivity index (χ1) is 12.0. The Labute approximate surface area is 144 Å². The molecule has 0 aliphatic carbocycles. The number of hydrogen-bond acceptors (Lipinski definition) is 8. The van der Waals surface area contributed by atoms with E-state index in [4.69, 9.17) is 9.26 Å². The third-order valence-electron chi connectivity index (χ3n) is 5.08. The Morgan fingerprint density at radius 3 is 2.60 bits per heavy atom. The highest BCUT2D eigenvalue weighted by atomic mass is 16.6. The number of aryl methyl sites for hydroxylation is 1. The van der Waals surface area contributed by atoms with Gasteiger partial charge < -0.3 is 14.2 Å². The van der Waals surface area contributed by atoms with Crippen molar-refractivity contribution in [1.82, 2.24) is 25.4 Å². The lowest BCUT2D eigenvalue weighted by Gasteiger charge is -2.34. The van der Waals surface area contributed by atoms with E-state index in [1.165, 1.54) is 0 Å². The maximum absolute atomic E-state index is 12.4. The van der Waals surface area contributed by atoms with Gasteiger partial charge in [-0.2, -0.15) is 4.98 Å². The molecule has 4 rings (SSSR count). The molecule has 0 saturated carbocycles. The number of hydrogen-bond donors (Lipinski definition) is 0. The zero-order valence-corrected chi connectivity index (χ0v) is 14.4. The van der Waals surface area contributed by atoms with Crippen LogP contribution in [0.5, 0.6) is 0 Å². The minimum atomic E-state index is -0.123. The molecule has 2 aromatic rings. The van der Waals surface area contributed by atoms with Gasteiger partial charge in [0.25, 0.3) is 0 Å². The summed E-state index contributed by atoms with van der Waals surface area (Å²) in [4.78, 5) is 18.8. The molecule has 0 radical (unpaired) electrons. The fraction of sp³-hybridized carbons (Fsp3) is 0.688. The standard InChI is InChI=1S/C16H21N5O4/c1-10-12(19-25-18-10)7-13(22)21-5-3-11(4-6-21)14-17-15(20-24-14)16(2)8-23-9-16/h11H,3-9H2,1-2H3. The summed E-state index contributed by atoms with van der Waals surface area (Å²) < 4.78 is 15.4. The van der Waals surface area contributed by atoms with Crippen molar-refractivity contribution in [2.45, 2.75) is 44.4 Å². The molecule has 9 heteroatoms. The summed E-state index contributed by atoms with van der Waals surface area (Å²) >= 11 is 0. The van der Waals surface area contributed by atoms with Gasteiger partial charge in [-0.3, -0.25) is 4.79 Å². The molecule has 2 aliphatic rings. The fourth-order valence-electron chi connectivity index (χ4n) is 3.22. The largest absolute Gasteiger partial charge is 0.379 e. The number of rotatable bonds is 4. The van der Waals surface area contributed by atoms with Gasteiger partial charge in [-0.1, -0.05) is 15.5 Å². The van der Waals surface area contributed by atoms with Crippen molar-refractivity contribution in [3.63, 3.8) is 0 Å². The lowest BCUT2D eigenvalue weighted by atomic mass is 9.88. The van der Waals surface area contributed by atoms with Crippen LogP contribution in [0.1, 0.15) is 48.8 Å². The van der Waals surface area contributed by atoms with Crippen molar-refractivity contribution in [2.75, 3.05) is 26.3 Å². The second-order valence-corrected chi connectivity index (χ2v) is 7.14. The number of nitrogens with zero attached hydrogens (tertiary/aromatic N) is 5. The average molecular weight is 347 g/mol. The van der Waals surface area contributed by atoms with Crippen LogP contribution in [0.3, 0.4) is 0 Å². The number of likely N-dealkylation sites (tertiary alicyclic amines) is 1. The van der Waals surface area contributed by atoms with E-state index in [0.717, 1.165) is 18.7 Å². The summed E-state index contributed by atoms with van der Waals surface area (Å²) in [6, 6.07) is 0. The zero-order valence-electron chi connectivity index (χ0n) is 14.4. The van der Waals surface area contributed by atoms with Gasteiger partial charge >= 0.3 is 0 Å². The predicted molar refractivity (Wildman–Crippen MR) is 83.8 cm³/mol. The number of carbonyl (C=O) groups excluding carboxylic acids is 1. The molecule has 25 heavy (non-hydrogen) atoms. The Morgan fingerprint density at radius 2 is 2.00 bits per heavy atom. The lowest BCUT2D eigenvalue weighted by molar-refractivity contribution is -0.131. The highest BCUT2D eigenvalue weighted by molar-refractivity contribution is 5.78. The Balaban J connectivity index is 1.34. The van der Waals surface area contributed by atoms with Gasteiger partial charge in [-0.25, -0.2) is 4.63 Å². The van der Waals surface area contributed by atoms with E-state index in [1.54, 1.807) is 6.92 Å². The molecule has 2 fully saturated rings. The molecular weight excluding hydrogens is 326 g/mol. The molecule has 0 bridgehead atoms. The molecule has 2 aliphatic heterocycles. The van der Waals surface area contributed by atoms with Crippen molar-refractivity contribution >= 4 is 5.91 Å².